The molecule has 32 heavy (non-hydrogen) atoms. The molecular formula is C25H37IN4O2. The number of aliphatic imine (C=N–C) groups is 1. The molecule has 0 spiro atoms. The van der Waals surface area contributed by atoms with Gasteiger partial charge in [-0.15, -0.1) is 24.0 Å². The van der Waals surface area contributed by atoms with Crippen molar-refractivity contribution >= 4 is 29.9 Å². The van der Waals surface area contributed by atoms with Crippen molar-refractivity contribution < 1.29 is 9.47 Å². The zero-order valence-corrected chi connectivity index (χ0v) is 21.8. The number of para-hydroxylation sites is 1. The lowest BCUT2D eigenvalue weighted by molar-refractivity contribution is 0.0322. The molecule has 2 N–H and O–H groups in total. The largest absolute Gasteiger partial charge is 0.492 e. The Hall–Kier alpha value is -1.84. The number of hydrogen-bond donors (Lipinski definition) is 2. The number of benzene rings is 2. The van der Waals surface area contributed by atoms with Gasteiger partial charge in [-0.1, -0.05) is 62.4 Å². The maximum Gasteiger partial charge on any atom is 0.191 e. The second kappa shape index (κ2) is 13.6. The van der Waals surface area contributed by atoms with Gasteiger partial charge in [0.1, 0.15) is 12.4 Å². The molecule has 2 aromatic rings. The normalized spacial score (nSPS) is 15.0. The summed E-state index contributed by atoms with van der Waals surface area (Å²) in [6, 6.07) is 18.7. The fourth-order valence-electron chi connectivity index (χ4n) is 3.60. The van der Waals surface area contributed by atoms with E-state index in [9.17, 15) is 0 Å². The van der Waals surface area contributed by atoms with Crippen molar-refractivity contribution in [3.05, 3.63) is 65.7 Å². The summed E-state index contributed by atoms with van der Waals surface area (Å²) in [4.78, 5) is 6.77. The number of halogens is 1. The molecule has 2 aromatic carbocycles. The van der Waals surface area contributed by atoms with Crippen LogP contribution in [0.2, 0.25) is 0 Å². The first kappa shape index (κ1) is 26.4. The minimum absolute atomic E-state index is 0. The van der Waals surface area contributed by atoms with Crippen LogP contribution < -0.4 is 15.4 Å². The van der Waals surface area contributed by atoms with Crippen molar-refractivity contribution in [1.29, 1.82) is 0 Å². The van der Waals surface area contributed by atoms with Crippen molar-refractivity contribution in [2.75, 3.05) is 53.0 Å². The van der Waals surface area contributed by atoms with Gasteiger partial charge in [-0.3, -0.25) is 9.89 Å². The van der Waals surface area contributed by atoms with E-state index in [0.29, 0.717) is 13.2 Å². The summed E-state index contributed by atoms with van der Waals surface area (Å²) in [5.74, 6) is 1.70. The molecule has 3 rings (SSSR count). The molecule has 0 unspecified atom stereocenters. The van der Waals surface area contributed by atoms with Crippen molar-refractivity contribution in [3.8, 4) is 5.75 Å². The summed E-state index contributed by atoms with van der Waals surface area (Å²) in [6.45, 7) is 11.1. The van der Waals surface area contributed by atoms with Crippen LogP contribution in [0.1, 0.15) is 25.0 Å². The van der Waals surface area contributed by atoms with Crippen LogP contribution in [-0.2, 0) is 16.7 Å². The van der Waals surface area contributed by atoms with Crippen LogP contribution in [0, 0.1) is 0 Å². The maximum atomic E-state index is 6.10. The third kappa shape index (κ3) is 8.26. The smallest absolute Gasteiger partial charge is 0.191 e. The first-order valence-corrected chi connectivity index (χ1v) is 11.1. The van der Waals surface area contributed by atoms with Crippen molar-refractivity contribution in [2.45, 2.75) is 25.8 Å². The average Bonchev–Trinajstić information content (AvgIpc) is 2.81. The molecule has 0 saturated carbocycles. The molecule has 0 amide bonds. The molecule has 0 aromatic heterocycles. The Morgan fingerprint density at radius 3 is 2.44 bits per heavy atom. The lowest BCUT2D eigenvalue weighted by Gasteiger charge is -2.27. The van der Waals surface area contributed by atoms with Crippen LogP contribution >= 0.6 is 24.0 Å². The van der Waals surface area contributed by atoms with Gasteiger partial charge in [0.2, 0.25) is 0 Å². The Kier molecular flexibility index (Phi) is 11.3. The summed E-state index contributed by atoms with van der Waals surface area (Å²) < 4.78 is 11.5. The summed E-state index contributed by atoms with van der Waals surface area (Å²) in [6.07, 6.45) is 0. The van der Waals surface area contributed by atoms with Crippen molar-refractivity contribution in [2.24, 2.45) is 4.99 Å². The minimum Gasteiger partial charge on any atom is -0.492 e. The Bertz CT molecular complexity index is 824. The first-order chi connectivity index (χ1) is 15.1. The Balaban J connectivity index is 0.00000363. The van der Waals surface area contributed by atoms with Gasteiger partial charge in [0.15, 0.2) is 5.96 Å². The Morgan fingerprint density at radius 2 is 1.72 bits per heavy atom. The number of nitrogens with one attached hydrogen (secondary N) is 2. The van der Waals surface area contributed by atoms with E-state index in [1.807, 2.05) is 24.3 Å². The number of hydrogen-bond acceptors (Lipinski definition) is 4. The van der Waals surface area contributed by atoms with Gasteiger partial charge in [0, 0.05) is 50.7 Å². The molecule has 1 heterocycles. The molecule has 0 radical (unpaired) electrons. The number of nitrogens with zero attached hydrogens (tertiary/aromatic N) is 2. The van der Waals surface area contributed by atoms with Gasteiger partial charge < -0.3 is 20.1 Å². The van der Waals surface area contributed by atoms with Crippen LogP contribution in [-0.4, -0.2) is 63.9 Å². The van der Waals surface area contributed by atoms with Gasteiger partial charge in [0.05, 0.1) is 13.2 Å². The summed E-state index contributed by atoms with van der Waals surface area (Å²) in [5.41, 5.74) is 2.42. The second-order valence-corrected chi connectivity index (χ2v) is 8.44. The quantitative estimate of drug-likeness (QED) is 0.283. The predicted octanol–water partition coefficient (Wildman–Crippen LogP) is 3.66. The summed E-state index contributed by atoms with van der Waals surface area (Å²) >= 11 is 0. The third-order valence-electron chi connectivity index (χ3n) is 5.66. The first-order valence-electron chi connectivity index (χ1n) is 11.1. The van der Waals surface area contributed by atoms with E-state index >= 15 is 0 Å². The fraction of sp³-hybridized carbons (Fsp3) is 0.480. The minimum atomic E-state index is -0.000605. The lowest BCUT2D eigenvalue weighted by Crippen LogP contribution is -2.43. The van der Waals surface area contributed by atoms with E-state index in [-0.39, 0.29) is 29.4 Å². The molecule has 0 aliphatic carbocycles. The number of rotatable bonds is 9. The molecule has 7 heteroatoms. The predicted molar refractivity (Wildman–Crippen MR) is 142 cm³/mol. The highest BCUT2D eigenvalue weighted by Gasteiger charge is 2.20. The molecule has 1 aliphatic rings. The summed E-state index contributed by atoms with van der Waals surface area (Å²) in [5, 5.41) is 6.89. The van der Waals surface area contributed by atoms with Crippen LogP contribution in [0.15, 0.2) is 59.6 Å². The number of guanidine groups is 1. The van der Waals surface area contributed by atoms with E-state index < -0.39 is 0 Å². The number of morpholine rings is 1. The van der Waals surface area contributed by atoms with Crippen LogP contribution in [0.25, 0.3) is 0 Å². The molecule has 1 aliphatic heterocycles. The molecule has 0 atom stereocenters. The van der Waals surface area contributed by atoms with E-state index in [0.717, 1.165) is 56.7 Å². The molecule has 1 fully saturated rings. The highest BCUT2D eigenvalue weighted by atomic mass is 127. The van der Waals surface area contributed by atoms with Gasteiger partial charge in [0.25, 0.3) is 0 Å². The standard InChI is InChI=1S/C25H36N4O2.HI/c1-25(2,22-10-5-4-6-11-22)20-28-24(26-3)27-19-21-9-7-8-12-23(21)31-18-15-29-13-16-30-17-14-29;/h4-12H,13-20H2,1-3H3,(H2,26,27,28);1H. The van der Waals surface area contributed by atoms with E-state index in [1.165, 1.54) is 5.56 Å². The zero-order chi connectivity index (χ0) is 21.9. The highest BCUT2D eigenvalue weighted by molar-refractivity contribution is 14.0. The summed E-state index contributed by atoms with van der Waals surface area (Å²) in [7, 11) is 1.80. The SMILES string of the molecule is CN=C(NCc1ccccc1OCCN1CCOCC1)NCC(C)(C)c1ccccc1.I. The average molecular weight is 553 g/mol. The van der Waals surface area contributed by atoms with E-state index in [1.54, 1.807) is 7.05 Å². The molecule has 0 bridgehead atoms. The third-order valence-corrected chi connectivity index (χ3v) is 5.66. The van der Waals surface area contributed by atoms with Gasteiger partial charge in [-0.25, -0.2) is 0 Å². The van der Waals surface area contributed by atoms with Gasteiger partial charge in [-0.2, -0.15) is 0 Å². The molecule has 6 nitrogen and oxygen atoms in total. The Labute approximate surface area is 209 Å². The van der Waals surface area contributed by atoms with Crippen LogP contribution in [0.4, 0.5) is 0 Å². The zero-order valence-electron chi connectivity index (χ0n) is 19.5. The van der Waals surface area contributed by atoms with Crippen molar-refractivity contribution in [3.63, 3.8) is 0 Å². The van der Waals surface area contributed by atoms with Crippen molar-refractivity contribution in [1.82, 2.24) is 15.5 Å². The molecular weight excluding hydrogens is 515 g/mol. The van der Waals surface area contributed by atoms with Crippen LogP contribution in [0.3, 0.4) is 0 Å². The van der Waals surface area contributed by atoms with E-state index in [2.05, 4.69) is 64.7 Å². The van der Waals surface area contributed by atoms with E-state index in [4.69, 9.17) is 9.47 Å². The lowest BCUT2D eigenvalue weighted by atomic mass is 9.85. The second-order valence-electron chi connectivity index (χ2n) is 8.44. The monoisotopic (exact) mass is 552 g/mol. The van der Waals surface area contributed by atoms with Gasteiger partial charge in [-0.05, 0) is 11.6 Å². The fourth-order valence-corrected chi connectivity index (χ4v) is 3.60. The molecule has 1 saturated heterocycles. The Morgan fingerprint density at radius 1 is 1.03 bits per heavy atom. The highest BCUT2D eigenvalue weighted by Crippen LogP contribution is 2.22. The van der Waals surface area contributed by atoms with Gasteiger partial charge >= 0.3 is 0 Å². The van der Waals surface area contributed by atoms with Crippen LogP contribution in [0.5, 0.6) is 5.75 Å². The maximum absolute atomic E-state index is 6.10. The molecule has 176 valence electrons. The number of ether oxygens (including phenoxy) is 2. The topological polar surface area (TPSA) is 58.1 Å².